The number of benzene rings is 3. The van der Waals surface area contributed by atoms with Crippen molar-refractivity contribution in [3.8, 4) is 17.2 Å². The van der Waals surface area contributed by atoms with Crippen LogP contribution in [0.5, 0.6) is 17.2 Å². The number of nitrogens with one attached hydrogen (secondary N) is 1. The van der Waals surface area contributed by atoms with E-state index in [4.69, 9.17) is 14.2 Å². The van der Waals surface area contributed by atoms with Gasteiger partial charge in [0, 0.05) is 12.3 Å². The van der Waals surface area contributed by atoms with Gasteiger partial charge in [0.1, 0.15) is 17.2 Å². The largest absolute Gasteiger partial charge is 0.497 e. The Morgan fingerprint density at radius 2 is 1.64 bits per heavy atom. The lowest BCUT2D eigenvalue weighted by Crippen LogP contribution is -2.36. The van der Waals surface area contributed by atoms with Crippen LogP contribution in [-0.4, -0.2) is 49.0 Å². The molecule has 1 atom stereocenters. The summed E-state index contributed by atoms with van der Waals surface area (Å²) in [4.78, 5) is 39.2. The topological polar surface area (TPSA) is 94.2 Å². The van der Waals surface area contributed by atoms with Gasteiger partial charge in [-0.05, 0) is 73.0 Å². The maximum atomic E-state index is 12.9. The van der Waals surface area contributed by atoms with Crippen LogP contribution in [0.15, 0.2) is 66.7 Å². The fourth-order valence-corrected chi connectivity index (χ4v) is 4.37. The molecule has 1 N–H and O–H groups in total. The van der Waals surface area contributed by atoms with Gasteiger partial charge < -0.3 is 19.5 Å². The summed E-state index contributed by atoms with van der Waals surface area (Å²) in [6, 6.07) is 19.2. The van der Waals surface area contributed by atoms with E-state index in [1.807, 2.05) is 24.3 Å². The Labute approximate surface area is 208 Å². The first kappa shape index (κ1) is 23.6. The number of amides is 3. The third-order valence-electron chi connectivity index (χ3n) is 6.25. The van der Waals surface area contributed by atoms with E-state index in [1.54, 1.807) is 49.6 Å². The summed E-state index contributed by atoms with van der Waals surface area (Å²) in [5.41, 5.74) is 2.23. The van der Waals surface area contributed by atoms with Gasteiger partial charge in [0.25, 0.3) is 11.8 Å². The van der Waals surface area contributed by atoms with Crippen LogP contribution in [0.4, 0.5) is 5.69 Å². The van der Waals surface area contributed by atoms with Gasteiger partial charge in [0.05, 0.1) is 37.3 Å². The second-order valence-electron chi connectivity index (χ2n) is 8.76. The smallest absolute Gasteiger partial charge is 0.261 e. The summed E-state index contributed by atoms with van der Waals surface area (Å²) in [7, 11) is 1.60. The summed E-state index contributed by atoms with van der Waals surface area (Å²) in [6.07, 6.45) is 1.93. The molecule has 5 rings (SSSR count). The van der Waals surface area contributed by atoms with Crippen LogP contribution in [0, 0.1) is 0 Å². The van der Waals surface area contributed by atoms with E-state index in [0.717, 1.165) is 24.2 Å². The minimum Gasteiger partial charge on any atom is -0.497 e. The predicted octanol–water partition coefficient (Wildman–Crippen LogP) is 4.44. The fraction of sp³-hybridized carbons (Fsp3) is 0.250. The second kappa shape index (κ2) is 10.2. The third-order valence-corrected chi connectivity index (χ3v) is 6.25. The van der Waals surface area contributed by atoms with Gasteiger partial charge in [-0.2, -0.15) is 0 Å². The van der Waals surface area contributed by atoms with Crippen molar-refractivity contribution in [1.29, 1.82) is 0 Å². The normalized spacial score (nSPS) is 16.7. The highest BCUT2D eigenvalue weighted by molar-refractivity contribution is 6.21. The SMILES string of the molecule is COc1ccc(CC(=O)Nc2ccc(Oc3ccc4c(c3)C(=O)N(CC3CCCO3)C4=O)cc2)cc1. The highest BCUT2D eigenvalue weighted by Crippen LogP contribution is 2.31. The summed E-state index contributed by atoms with van der Waals surface area (Å²) in [6.45, 7) is 0.936. The molecular weight excluding hydrogens is 460 g/mol. The molecular formula is C28H26N2O6. The molecule has 0 aromatic heterocycles. The number of carbonyl (C=O) groups is 3. The summed E-state index contributed by atoms with van der Waals surface area (Å²) < 4.78 is 16.6. The first-order chi connectivity index (χ1) is 17.5. The minimum absolute atomic E-state index is 0.0989. The van der Waals surface area contributed by atoms with Crippen LogP contribution in [-0.2, 0) is 16.0 Å². The van der Waals surface area contributed by atoms with E-state index in [0.29, 0.717) is 34.9 Å². The zero-order chi connectivity index (χ0) is 25.1. The molecule has 1 saturated heterocycles. The molecule has 1 fully saturated rings. The highest BCUT2D eigenvalue weighted by atomic mass is 16.5. The van der Waals surface area contributed by atoms with Gasteiger partial charge in [0.15, 0.2) is 0 Å². The van der Waals surface area contributed by atoms with E-state index >= 15 is 0 Å². The standard InChI is InChI=1S/C28H26N2O6/c1-34-20-8-4-18(5-9-20)15-26(31)29-19-6-10-21(11-7-19)36-22-12-13-24-25(16-22)28(33)30(27(24)32)17-23-3-2-14-35-23/h4-13,16,23H,2-3,14-15,17H2,1H3,(H,29,31). The zero-order valence-corrected chi connectivity index (χ0v) is 19.9. The predicted molar refractivity (Wildman–Crippen MR) is 133 cm³/mol. The molecule has 0 radical (unpaired) electrons. The maximum absolute atomic E-state index is 12.9. The van der Waals surface area contributed by atoms with Crippen LogP contribution in [0.25, 0.3) is 0 Å². The monoisotopic (exact) mass is 486 g/mol. The molecule has 1 unspecified atom stereocenters. The van der Waals surface area contributed by atoms with Crippen molar-refractivity contribution in [3.05, 3.63) is 83.4 Å². The molecule has 184 valence electrons. The Morgan fingerprint density at radius 1 is 0.944 bits per heavy atom. The van der Waals surface area contributed by atoms with E-state index in [9.17, 15) is 14.4 Å². The molecule has 2 aliphatic rings. The number of methoxy groups -OCH3 is 1. The Balaban J connectivity index is 1.19. The van der Waals surface area contributed by atoms with Crippen molar-refractivity contribution in [2.45, 2.75) is 25.4 Å². The van der Waals surface area contributed by atoms with Gasteiger partial charge in [-0.15, -0.1) is 0 Å². The van der Waals surface area contributed by atoms with Gasteiger partial charge in [0.2, 0.25) is 5.91 Å². The molecule has 2 aliphatic heterocycles. The minimum atomic E-state index is -0.328. The molecule has 2 heterocycles. The van der Waals surface area contributed by atoms with Crippen LogP contribution in [0.3, 0.4) is 0 Å². The van der Waals surface area contributed by atoms with E-state index in [2.05, 4.69) is 5.32 Å². The van der Waals surface area contributed by atoms with Gasteiger partial charge in [-0.25, -0.2) is 0 Å². The van der Waals surface area contributed by atoms with Crippen molar-refractivity contribution in [2.75, 3.05) is 25.6 Å². The summed E-state index contributed by atoms with van der Waals surface area (Å²) in [5, 5.41) is 2.87. The van der Waals surface area contributed by atoms with Crippen molar-refractivity contribution in [2.24, 2.45) is 0 Å². The number of imide groups is 1. The van der Waals surface area contributed by atoms with Gasteiger partial charge in [-0.3, -0.25) is 19.3 Å². The number of hydrogen-bond donors (Lipinski definition) is 1. The van der Waals surface area contributed by atoms with E-state index < -0.39 is 0 Å². The van der Waals surface area contributed by atoms with Crippen LogP contribution in [0.1, 0.15) is 39.1 Å². The molecule has 8 nitrogen and oxygen atoms in total. The number of anilines is 1. The van der Waals surface area contributed by atoms with Gasteiger partial charge in [-0.1, -0.05) is 12.1 Å². The Kier molecular flexibility index (Phi) is 6.69. The molecule has 0 saturated carbocycles. The quantitative estimate of drug-likeness (QED) is 0.473. The highest BCUT2D eigenvalue weighted by Gasteiger charge is 2.37. The molecule has 36 heavy (non-hydrogen) atoms. The lowest BCUT2D eigenvalue weighted by Gasteiger charge is -2.17. The fourth-order valence-electron chi connectivity index (χ4n) is 4.37. The lowest BCUT2D eigenvalue weighted by molar-refractivity contribution is -0.115. The molecule has 8 heteroatoms. The second-order valence-corrected chi connectivity index (χ2v) is 8.76. The average molecular weight is 487 g/mol. The Bertz CT molecular complexity index is 1280. The number of nitrogens with zero attached hydrogens (tertiary/aromatic N) is 1. The van der Waals surface area contributed by atoms with Crippen LogP contribution < -0.4 is 14.8 Å². The first-order valence-electron chi connectivity index (χ1n) is 11.8. The number of ether oxygens (including phenoxy) is 3. The van der Waals surface area contributed by atoms with Crippen molar-refractivity contribution < 1.29 is 28.6 Å². The Morgan fingerprint density at radius 3 is 2.33 bits per heavy atom. The molecule has 3 aromatic carbocycles. The number of rotatable bonds is 8. The van der Waals surface area contributed by atoms with E-state index in [1.165, 1.54) is 4.90 Å². The summed E-state index contributed by atoms with van der Waals surface area (Å²) in [5.74, 6) is 0.965. The van der Waals surface area contributed by atoms with Crippen molar-refractivity contribution in [1.82, 2.24) is 4.90 Å². The molecule has 0 aliphatic carbocycles. The first-order valence-corrected chi connectivity index (χ1v) is 11.8. The van der Waals surface area contributed by atoms with Crippen molar-refractivity contribution >= 4 is 23.4 Å². The van der Waals surface area contributed by atoms with Crippen LogP contribution >= 0.6 is 0 Å². The summed E-state index contributed by atoms with van der Waals surface area (Å²) >= 11 is 0. The molecule has 0 spiro atoms. The van der Waals surface area contributed by atoms with Gasteiger partial charge >= 0.3 is 0 Å². The number of hydrogen-bond acceptors (Lipinski definition) is 6. The van der Waals surface area contributed by atoms with Crippen LogP contribution in [0.2, 0.25) is 0 Å². The average Bonchev–Trinajstić information content (AvgIpc) is 3.48. The lowest BCUT2D eigenvalue weighted by atomic mass is 10.1. The number of carbonyl (C=O) groups excluding carboxylic acids is 3. The van der Waals surface area contributed by atoms with Crippen molar-refractivity contribution in [3.63, 3.8) is 0 Å². The molecule has 3 amide bonds. The van der Waals surface area contributed by atoms with E-state index in [-0.39, 0.29) is 36.8 Å². The third kappa shape index (κ3) is 5.08. The maximum Gasteiger partial charge on any atom is 0.261 e. The Hall–Kier alpha value is -4.17. The number of fused-ring (bicyclic) bond motifs is 1. The zero-order valence-electron chi connectivity index (χ0n) is 19.9. The molecule has 3 aromatic rings. The molecule has 0 bridgehead atoms.